The third-order valence-corrected chi connectivity index (χ3v) is 2.19. The third-order valence-electron chi connectivity index (χ3n) is 2.19. The maximum atomic E-state index is 5.61. The van der Waals surface area contributed by atoms with Crippen LogP contribution < -0.4 is 4.74 Å². The first-order valence-corrected chi connectivity index (χ1v) is 5.85. The summed E-state index contributed by atoms with van der Waals surface area (Å²) >= 11 is 0. The average molecular weight is 217 g/mol. The van der Waals surface area contributed by atoms with Crippen molar-refractivity contribution < 1.29 is 4.74 Å². The number of rotatable bonds is 5. The van der Waals surface area contributed by atoms with Gasteiger partial charge in [-0.3, -0.25) is 0 Å². The molecule has 0 fully saturated rings. The minimum Gasteiger partial charge on any atom is -0.489 e. The van der Waals surface area contributed by atoms with E-state index in [2.05, 4.69) is 45.9 Å². The van der Waals surface area contributed by atoms with Gasteiger partial charge in [0.2, 0.25) is 0 Å². The summed E-state index contributed by atoms with van der Waals surface area (Å²) in [7, 11) is 0. The fraction of sp³-hybridized carbons (Fsp3) is 0.467. The van der Waals surface area contributed by atoms with Gasteiger partial charge in [0.1, 0.15) is 12.4 Å². The zero-order chi connectivity index (χ0) is 12.0. The Morgan fingerprint density at radius 3 is 2.75 bits per heavy atom. The molecule has 0 spiro atoms. The fourth-order valence-electron chi connectivity index (χ4n) is 1.43. The number of hydrogen-bond donors (Lipinski definition) is 0. The van der Waals surface area contributed by atoms with Gasteiger partial charge < -0.3 is 4.74 Å². The van der Waals surface area contributed by atoms with Crippen molar-refractivity contribution in [1.29, 1.82) is 0 Å². The molecule has 1 aromatic carbocycles. The number of allylic oxidation sites excluding steroid dienone is 1. The van der Waals surface area contributed by atoms with E-state index < -0.39 is 0 Å². The summed E-state index contributed by atoms with van der Waals surface area (Å²) in [5.74, 6) is 1.50. The molecule has 0 N–H and O–H groups in total. The molecule has 0 unspecified atom stereocenters. The van der Waals surface area contributed by atoms with E-state index in [1.807, 2.05) is 12.1 Å². The first kappa shape index (κ1) is 12.8. The van der Waals surface area contributed by atoms with Gasteiger partial charge in [-0.15, -0.1) is 0 Å². The van der Waals surface area contributed by atoms with Crippen LogP contribution in [0.5, 0.6) is 5.75 Å². The van der Waals surface area contributed by atoms with Crippen molar-refractivity contribution in [3.05, 3.63) is 41.5 Å². The fourth-order valence-corrected chi connectivity index (χ4v) is 1.43. The van der Waals surface area contributed by atoms with E-state index in [4.69, 9.17) is 4.74 Å². The molecule has 0 aliphatic rings. The first-order valence-electron chi connectivity index (χ1n) is 5.85. The van der Waals surface area contributed by atoms with Crippen molar-refractivity contribution in [2.45, 2.75) is 34.1 Å². The molecule has 0 aliphatic carbocycles. The van der Waals surface area contributed by atoms with Gasteiger partial charge in [0, 0.05) is 6.07 Å². The molecule has 0 saturated carbocycles. The van der Waals surface area contributed by atoms with Gasteiger partial charge in [0.25, 0.3) is 0 Å². The van der Waals surface area contributed by atoms with Crippen LogP contribution in [0.4, 0.5) is 0 Å². The molecule has 0 heterocycles. The van der Waals surface area contributed by atoms with Gasteiger partial charge >= 0.3 is 0 Å². The highest BCUT2D eigenvalue weighted by atomic mass is 16.5. The smallest absolute Gasteiger partial charge is 0.128 e. The topological polar surface area (TPSA) is 9.23 Å². The standard InChI is InChI=1S/C15H21O/c1-12(2)8-9-16-15-7-5-6-14(11-15)10-13(3)4/h5-8,13H,9-10H2,1-4H3. The SMILES string of the molecule is CC(C)=CCOc1[c]c(CC(C)C)ccc1. The average Bonchev–Trinajstić information content (AvgIpc) is 2.16. The van der Waals surface area contributed by atoms with Crippen LogP contribution in [-0.4, -0.2) is 6.61 Å². The van der Waals surface area contributed by atoms with Crippen LogP contribution >= 0.6 is 0 Å². The monoisotopic (exact) mass is 217 g/mol. The van der Waals surface area contributed by atoms with Crippen molar-refractivity contribution in [3.8, 4) is 5.75 Å². The summed E-state index contributed by atoms with van der Waals surface area (Å²) in [5.41, 5.74) is 2.50. The molecule has 0 aliphatic heterocycles. The van der Waals surface area contributed by atoms with E-state index in [0.717, 1.165) is 12.2 Å². The Labute approximate surface area is 99.1 Å². The van der Waals surface area contributed by atoms with Gasteiger partial charge in [-0.1, -0.05) is 31.6 Å². The van der Waals surface area contributed by atoms with Crippen LogP contribution in [0.1, 0.15) is 33.3 Å². The highest BCUT2D eigenvalue weighted by molar-refractivity contribution is 5.27. The highest BCUT2D eigenvalue weighted by Gasteiger charge is 2.00. The van der Waals surface area contributed by atoms with Crippen LogP contribution in [0.25, 0.3) is 0 Å². The van der Waals surface area contributed by atoms with Crippen LogP contribution in [0.2, 0.25) is 0 Å². The van der Waals surface area contributed by atoms with Crippen LogP contribution in [0, 0.1) is 12.0 Å². The normalized spacial score (nSPS) is 10.3. The molecule has 0 atom stereocenters. The quantitative estimate of drug-likeness (QED) is 0.677. The Morgan fingerprint density at radius 1 is 1.38 bits per heavy atom. The first-order chi connectivity index (χ1) is 7.58. The lowest BCUT2D eigenvalue weighted by Crippen LogP contribution is -1.97. The maximum absolute atomic E-state index is 5.61. The molecular formula is C15H21O. The van der Waals surface area contributed by atoms with Gasteiger partial charge in [-0.2, -0.15) is 0 Å². The molecule has 1 radical (unpaired) electrons. The lowest BCUT2D eigenvalue weighted by molar-refractivity contribution is 0.360. The molecule has 1 rings (SSSR count). The zero-order valence-corrected chi connectivity index (χ0v) is 10.7. The lowest BCUT2D eigenvalue weighted by Gasteiger charge is -2.07. The summed E-state index contributed by atoms with van der Waals surface area (Å²) in [6.45, 7) is 9.20. The Morgan fingerprint density at radius 2 is 2.12 bits per heavy atom. The van der Waals surface area contributed by atoms with Crippen molar-refractivity contribution >= 4 is 0 Å². The summed E-state index contributed by atoms with van der Waals surface area (Å²) in [6, 6.07) is 9.40. The summed E-state index contributed by atoms with van der Waals surface area (Å²) in [5, 5.41) is 0. The van der Waals surface area contributed by atoms with Gasteiger partial charge in [-0.05, 0) is 43.9 Å². The van der Waals surface area contributed by atoms with Crippen LogP contribution in [0.3, 0.4) is 0 Å². The van der Waals surface area contributed by atoms with Crippen LogP contribution in [-0.2, 0) is 6.42 Å². The molecule has 0 bridgehead atoms. The number of benzene rings is 1. The molecule has 0 aromatic heterocycles. The van der Waals surface area contributed by atoms with E-state index in [1.165, 1.54) is 11.1 Å². The van der Waals surface area contributed by atoms with Crippen molar-refractivity contribution in [2.75, 3.05) is 6.61 Å². The van der Waals surface area contributed by atoms with Crippen molar-refractivity contribution in [2.24, 2.45) is 5.92 Å². The van der Waals surface area contributed by atoms with E-state index in [9.17, 15) is 0 Å². The highest BCUT2D eigenvalue weighted by Crippen LogP contribution is 2.15. The van der Waals surface area contributed by atoms with Gasteiger partial charge in [0.05, 0.1) is 0 Å². The molecule has 87 valence electrons. The number of ether oxygens (including phenoxy) is 1. The second kappa shape index (κ2) is 6.37. The third kappa shape index (κ3) is 5.01. The maximum Gasteiger partial charge on any atom is 0.128 e. The Bertz CT molecular complexity index is 346. The Balaban J connectivity index is 2.57. The van der Waals surface area contributed by atoms with E-state index in [0.29, 0.717) is 12.5 Å². The minimum atomic E-state index is 0.629. The second-order valence-electron chi connectivity index (χ2n) is 4.73. The Kier molecular flexibility index (Phi) is 5.10. The molecule has 16 heavy (non-hydrogen) atoms. The minimum absolute atomic E-state index is 0.629. The van der Waals surface area contributed by atoms with Crippen molar-refractivity contribution in [3.63, 3.8) is 0 Å². The van der Waals surface area contributed by atoms with E-state index >= 15 is 0 Å². The Hall–Kier alpha value is -1.24. The zero-order valence-electron chi connectivity index (χ0n) is 10.7. The predicted molar refractivity (Wildman–Crippen MR) is 68.7 cm³/mol. The lowest BCUT2D eigenvalue weighted by atomic mass is 10.0. The van der Waals surface area contributed by atoms with Crippen LogP contribution in [0.15, 0.2) is 29.8 Å². The van der Waals surface area contributed by atoms with Crippen molar-refractivity contribution in [1.82, 2.24) is 0 Å². The molecule has 0 amide bonds. The molecular weight excluding hydrogens is 196 g/mol. The molecule has 1 heteroatoms. The van der Waals surface area contributed by atoms with E-state index in [1.54, 1.807) is 0 Å². The van der Waals surface area contributed by atoms with Gasteiger partial charge in [-0.25, -0.2) is 0 Å². The predicted octanol–water partition coefficient (Wildman–Crippen LogP) is 4.03. The summed E-state index contributed by atoms with van der Waals surface area (Å²) in [6.07, 6.45) is 3.13. The summed E-state index contributed by atoms with van der Waals surface area (Å²) < 4.78 is 5.61. The second-order valence-corrected chi connectivity index (χ2v) is 4.73. The molecule has 1 nitrogen and oxygen atoms in total. The van der Waals surface area contributed by atoms with E-state index in [-0.39, 0.29) is 0 Å². The number of hydrogen-bond acceptors (Lipinski definition) is 1. The molecule has 1 aromatic rings. The molecule has 0 saturated heterocycles. The largest absolute Gasteiger partial charge is 0.489 e. The summed E-state index contributed by atoms with van der Waals surface area (Å²) in [4.78, 5) is 0. The van der Waals surface area contributed by atoms with Gasteiger partial charge in [0.15, 0.2) is 0 Å².